The first-order valence-corrected chi connectivity index (χ1v) is 6.00. The molecule has 0 fully saturated rings. The van der Waals surface area contributed by atoms with Gasteiger partial charge < -0.3 is 5.32 Å². The molecule has 0 unspecified atom stereocenters. The van der Waals surface area contributed by atoms with Gasteiger partial charge in [-0.1, -0.05) is 23.7 Å². The predicted molar refractivity (Wildman–Crippen MR) is 68.7 cm³/mol. The van der Waals surface area contributed by atoms with Crippen LogP contribution in [0.15, 0.2) is 24.4 Å². The Balaban J connectivity index is 2.16. The van der Waals surface area contributed by atoms with Crippen LogP contribution in [0.2, 0.25) is 10.3 Å². The van der Waals surface area contributed by atoms with Crippen LogP contribution < -0.4 is 5.32 Å². The number of rotatable bonds is 1. The fourth-order valence-corrected chi connectivity index (χ4v) is 2.24. The van der Waals surface area contributed by atoms with Crippen LogP contribution in [0.4, 0.5) is 0 Å². The summed E-state index contributed by atoms with van der Waals surface area (Å²) < 4.78 is 0. The van der Waals surface area contributed by atoms with Crippen molar-refractivity contribution in [1.29, 1.82) is 0 Å². The molecular weight excluding hydrogens is 273 g/mol. The topological polar surface area (TPSA) is 54.9 Å². The summed E-state index contributed by atoms with van der Waals surface area (Å²) in [4.78, 5) is 19.5. The van der Waals surface area contributed by atoms with Gasteiger partial charge in [-0.05, 0) is 23.2 Å². The molecule has 1 aliphatic heterocycles. The van der Waals surface area contributed by atoms with Crippen LogP contribution in [0, 0.1) is 0 Å². The van der Waals surface area contributed by atoms with Crippen LogP contribution in [0.25, 0.3) is 11.3 Å². The molecule has 0 saturated carbocycles. The van der Waals surface area contributed by atoms with E-state index in [0.29, 0.717) is 22.8 Å². The van der Waals surface area contributed by atoms with E-state index in [-0.39, 0.29) is 11.2 Å². The van der Waals surface area contributed by atoms with E-state index in [1.54, 1.807) is 6.07 Å². The highest BCUT2D eigenvalue weighted by molar-refractivity contribution is 6.33. The fraction of sp³-hybridized carbons (Fsp3) is 0.0833. The number of aromatic nitrogens is 2. The number of benzene rings is 1. The highest BCUT2D eigenvalue weighted by Crippen LogP contribution is 2.29. The third-order valence-electron chi connectivity index (χ3n) is 2.78. The first-order chi connectivity index (χ1) is 8.65. The summed E-state index contributed by atoms with van der Waals surface area (Å²) in [5.41, 5.74) is 2.90. The average Bonchev–Trinajstić information content (AvgIpc) is 2.74. The van der Waals surface area contributed by atoms with Crippen LogP contribution in [0.1, 0.15) is 15.9 Å². The number of halogens is 2. The number of amides is 1. The summed E-state index contributed by atoms with van der Waals surface area (Å²) in [6.07, 6.45) is 1.44. The van der Waals surface area contributed by atoms with Crippen LogP contribution in [-0.4, -0.2) is 15.9 Å². The van der Waals surface area contributed by atoms with Gasteiger partial charge in [0.15, 0.2) is 0 Å². The van der Waals surface area contributed by atoms with E-state index in [2.05, 4.69) is 15.3 Å². The molecule has 0 spiro atoms. The second-order valence-electron chi connectivity index (χ2n) is 3.89. The smallest absolute Gasteiger partial charge is 0.251 e. The highest BCUT2D eigenvalue weighted by atomic mass is 35.5. The van der Waals surface area contributed by atoms with Crippen molar-refractivity contribution in [1.82, 2.24) is 15.3 Å². The Morgan fingerprint density at radius 2 is 2.11 bits per heavy atom. The lowest BCUT2D eigenvalue weighted by atomic mass is 10.0. The molecule has 0 aliphatic carbocycles. The van der Waals surface area contributed by atoms with E-state index in [0.717, 1.165) is 11.1 Å². The molecule has 0 saturated heterocycles. The highest BCUT2D eigenvalue weighted by Gasteiger charge is 2.20. The third kappa shape index (κ3) is 1.83. The van der Waals surface area contributed by atoms with Crippen molar-refractivity contribution in [3.05, 3.63) is 45.8 Å². The molecule has 2 heterocycles. The standard InChI is InChI=1S/C12H7Cl2N3O/c13-9-5-16-12(14)17-10(9)6-1-2-7-4-15-11(18)8(7)3-6/h1-3,5H,4H2,(H,15,18). The lowest BCUT2D eigenvalue weighted by Crippen LogP contribution is -2.12. The van der Waals surface area contributed by atoms with Crippen molar-refractivity contribution in [2.75, 3.05) is 0 Å². The average molecular weight is 280 g/mol. The summed E-state index contributed by atoms with van der Waals surface area (Å²) >= 11 is 11.8. The van der Waals surface area contributed by atoms with Crippen LogP contribution >= 0.6 is 23.2 Å². The Labute approximate surface area is 113 Å². The molecule has 0 atom stereocenters. The minimum atomic E-state index is -0.0804. The maximum absolute atomic E-state index is 11.6. The first kappa shape index (κ1) is 11.4. The predicted octanol–water partition coefficient (Wildman–Crippen LogP) is 2.69. The van der Waals surface area contributed by atoms with E-state index in [1.165, 1.54) is 6.20 Å². The Hall–Kier alpha value is -1.65. The Kier molecular flexibility index (Phi) is 2.69. The van der Waals surface area contributed by atoms with Crippen LogP contribution in [-0.2, 0) is 6.54 Å². The molecule has 6 heteroatoms. The zero-order chi connectivity index (χ0) is 12.7. The second kappa shape index (κ2) is 4.23. The van der Waals surface area contributed by atoms with Gasteiger partial charge in [0.1, 0.15) is 0 Å². The zero-order valence-corrected chi connectivity index (χ0v) is 10.6. The SMILES string of the molecule is O=C1NCc2ccc(-c3nc(Cl)ncc3Cl)cc21. The van der Waals surface area contributed by atoms with Gasteiger partial charge >= 0.3 is 0 Å². The van der Waals surface area contributed by atoms with Gasteiger partial charge in [-0.25, -0.2) is 9.97 Å². The Morgan fingerprint density at radius 1 is 1.28 bits per heavy atom. The summed E-state index contributed by atoms with van der Waals surface area (Å²) in [6, 6.07) is 5.51. The molecule has 0 radical (unpaired) electrons. The summed E-state index contributed by atoms with van der Waals surface area (Å²) in [6.45, 7) is 0.562. The van der Waals surface area contributed by atoms with Crippen molar-refractivity contribution < 1.29 is 4.79 Å². The number of carbonyl (C=O) groups excluding carboxylic acids is 1. The summed E-state index contributed by atoms with van der Waals surface area (Å²) in [5, 5.41) is 3.28. The molecule has 90 valence electrons. The maximum atomic E-state index is 11.6. The maximum Gasteiger partial charge on any atom is 0.251 e. The molecule has 1 aromatic heterocycles. The molecule has 0 bridgehead atoms. The number of hydrogen-bond donors (Lipinski definition) is 1. The van der Waals surface area contributed by atoms with Crippen molar-refractivity contribution in [3.63, 3.8) is 0 Å². The molecule has 1 aliphatic rings. The minimum absolute atomic E-state index is 0.0804. The van der Waals surface area contributed by atoms with Gasteiger partial charge in [-0.15, -0.1) is 0 Å². The molecule has 3 rings (SSSR count). The molecule has 1 amide bonds. The van der Waals surface area contributed by atoms with E-state index in [4.69, 9.17) is 23.2 Å². The van der Waals surface area contributed by atoms with Crippen molar-refractivity contribution in [2.24, 2.45) is 0 Å². The molecule has 1 N–H and O–H groups in total. The van der Waals surface area contributed by atoms with Crippen molar-refractivity contribution in [2.45, 2.75) is 6.54 Å². The summed E-state index contributed by atoms with van der Waals surface area (Å²) in [7, 11) is 0. The van der Waals surface area contributed by atoms with Crippen molar-refractivity contribution >= 4 is 29.1 Å². The largest absolute Gasteiger partial charge is 0.348 e. The number of carbonyl (C=O) groups is 1. The van der Waals surface area contributed by atoms with Gasteiger partial charge in [0.2, 0.25) is 5.28 Å². The number of nitrogens with one attached hydrogen (secondary N) is 1. The molecule has 18 heavy (non-hydrogen) atoms. The zero-order valence-electron chi connectivity index (χ0n) is 9.08. The lowest BCUT2D eigenvalue weighted by molar-refractivity contribution is 0.0966. The van der Waals surface area contributed by atoms with Gasteiger partial charge in [0, 0.05) is 17.7 Å². The van der Waals surface area contributed by atoms with Gasteiger partial charge in [0.25, 0.3) is 5.91 Å². The van der Waals surface area contributed by atoms with Gasteiger partial charge in [-0.3, -0.25) is 4.79 Å². The van der Waals surface area contributed by atoms with Gasteiger partial charge in [0.05, 0.1) is 16.9 Å². The Morgan fingerprint density at radius 3 is 2.94 bits per heavy atom. The van der Waals surface area contributed by atoms with E-state index < -0.39 is 0 Å². The summed E-state index contributed by atoms with van der Waals surface area (Å²) in [5.74, 6) is -0.0804. The van der Waals surface area contributed by atoms with E-state index >= 15 is 0 Å². The minimum Gasteiger partial charge on any atom is -0.348 e. The second-order valence-corrected chi connectivity index (χ2v) is 4.64. The van der Waals surface area contributed by atoms with Crippen molar-refractivity contribution in [3.8, 4) is 11.3 Å². The van der Waals surface area contributed by atoms with Crippen LogP contribution in [0.5, 0.6) is 0 Å². The van der Waals surface area contributed by atoms with E-state index in [9.17, 15) is 4.79 Å². The fourth-order valence-electron chi connectivity index (χ4n) is 1.91. The normalized spacial score (nSPS) is 13.3. The lowest BCUT2D eigenvalue weighted by Gasteiger charge is -2.05. The van der Waals surface area contributed by atoms with Gasteiger partial charge in [-0.2, -0.15) is 0 Å². The molecule has 2 aromatic rings. The number of hydrogen-bond acceptors (Lipinski definition) is 3. The van der Waals surface area contributed by atoms with E-state index in [1.807, 2.05) is 12.1 Å². The third-order valence-corrected chi connectivity index (χ3v) is 3.24. The number of fused-ring (bicyclic) bond motifs is 1. The molecule has 4 nitrogen and oxygen atoms in total. The quantitative estimate of drug-likeness (QED) is 0.817. The Bertz CT molecular complexity index is 658. The number of nitrogens with zero attached hydrogens (tertiary/aromatic N) is 2. The monoisotopic (exact) mass is 279 g/mol. The molecule has 1 aromatic carbocycles. The molecular formula is C12H7Cl2N3O. The van der Waals surface area contributed by atoms with Crippen LogP contribution in [0.3, 0.4) is 0 Å². The first-order valence-electron chi connectivity index (χ1n) is 5.24.